The van der Waals surface area contributed by atoms with E-state index in [1.807, 2.05) is 31.2 Å². The van der Waals surface area contributed by atoms with Crippen LogP contribution in [-0.2, 0) is 16.0 Å². The van der Waals surface area contributed by atoms with Gasteiger partial charge in [0.1, 0.15) is 0 Å². The molecule has 0 spiro atoms. The van der Waals surface area contributed by atoms with Gasteiger partial charge < -0.3 is 10.4 Å². The van der Waals surface area contributed by atoms with E-state index in [0.29, 0.717) is 12.8 Å². The van der Waals surface area contributed by atoms with Crippen LogP contribution in [0.5, 0.6) is 0 Å². The summed E-state index contributed by atoms with van der Waals surface area (Å²) in [5, 5.41) is 11.5. The van der Waals surface area contributed by atoms with Crippen LogP contribution in [0.2, 0.25) is 0 Å². The maximum atomic E-state index is 12.1. The summed E-state index contributed by atoms with van der Waals surface area (Å²) >= 11 is 3.47. The molecule has 1 aromatic carbocycles. The largest absolute Gasteiger partial charge is 0.481 e. The molecule has 0 saturated carbocycles. The van der Waals surface area contributed by atoms with Crippen molar-refractivity contribution in [2.75, 3.05) is 6.54 Å². The molecule has 0 aliphatic heterocycles. The molecule has 0 fully saturated rings. The Hall–Kier alpha value is -1.36. The molecule has 20 heavy (non-hydrogen) atoms. The topological polar surface area (TPSA) is 66.4 Å². The number of rotatable bonds is 7. The Morgan fingerprint density at radius 1 is 1.35 bits per heavy atom. The first kappa shape index (κ1) is 16.7. The number of carboxylic acid groups (broad SMARTS) is 1. The number of aliphatic carboxylic acids is 1. The van der Waals surface area contributed by atoms with Crippen molar-refractivity contribution < 1.29 is 14.7 Å². The van der Waals surface area contributed by atoms with E-state index in [-0.39, 0.29) is 18.4 Å². The van der Waals surface area contributed by atoms with Crippen molar-refractivity contribution >= 4 is 27.8 Å². The van der Waals surface area contributed by atoms with Crippen molar-refractivity contribution in [2.24, 2.45) is 11.8 Å². The van der Waals surface area contributed by atoms with Gasteiger partial charge in [0.25, 0.3) is 0 Å². The molecule has 0 aliphatic rings. The fourth-order valence-corrected chi connectivity index (χ4v) is 2.28. The first-order chi connectivity index (χ1) is 9.45. The zero-order valence-corrected chi connectivity index (χ0v) is 13.3. The van der Waals surface area contributed by atoms with E-state index >= 15 is 0 Å². The summed E-state index contributed by atoms with van der Waals surface area (Å²) in [5.74, 6) is -1.70. The second-order valence-electron chi connectivity index (χ2n) is 4.89. The number of hydrogen-bond donors (Lipinski definition) is 2. The minimum atomic E-state index is -0.899. The zero-order valence-electron chi connectivity index (χ0n) is 11.7. The van der Waals surface area contributed by atoms with Gasteiger partial charge in [0.05, 0.1) is 5.92 Å². The highest BCUT2D eigenvalue weighted by Gasteiger charge is 2.19. The number of hydrogen-bond acceptors (Lipinski definition) is 2. The van der Waals surface area contributed by atoms with Crippen molar-refractivity contribution in [1.29, 1.82) is 0 Å². The quantitative estimate of drug-likeness (QED) is 0.801. The van der Waals surface area contributed by atoms with Crippen LogP contribution < -0.4 is 5.32 Å². The van der Waals surface area contributed by atoms with Crippen molar-refractivity contribution in [2.45, 2.75) is 26.7 Å². The van der Waals surface area contributed by atoms with Gasteiger partial charge in [0.2, 0.25) is 5.91 Å². The molecule has 0 bridgehead atoms. The number of halogens is 1. The number of nitrogens with one attached hydrogen (secondary N) is 1. The van der Waals surface area contributed by atoms with E-state index < -0.39 is 11.9 Å². The smallest absolute Gasteiger partial charge is 0.308 e. The standard InChI is InChI=1S/C15H20BrNO3/c1-3-11(8-12-6-4-5-7-13(12)16)14(18)17-9-10(2)15(19)20/h4-7,10-11H,3,8-9H2,1-2H3,(H,17,18)(H,19,20). The van der Waals surface area contributed by atoms with Gasteiger partial charge in [0.15, 0.2) is 0 Å². The number of amides is 1. The third-order valence-corrected chi connectivity index (χ3v) is 4.07. The van der Waals surface area contributed by atoms with Crippen LogP contribution in [0.25, 0.3) is 0 Å². The van der Waals surface area contributed by atoms with Gasteiger partial charge in [-0.25, -0.2) is 0 Å². The highest BCUT2D eigenvalue weighted by atomic mass is 79.9. The van der Waals surface area contributed by atoms with Crippen LogP contribution in [0.1, 0.15) is 25.8 Å². The van der Waals surface area contributed by atoms with Crippen molar-refractivity contribution in [3.63, 3.8) is 0 Å². The molecule has 0 aromatic heterocycles. The monoisotopic (exact) mass is 341 g/mol. The number of carboxylic acids is 1. The molecule has 1 amide bonds. The predicted molar refractivity (Wildman–Crippen MR) is 81.4 cm³/mol. The van der Waals surface area contributed by atoms with Crippen molar-refractivity contribution in [1.82, 2.24) is 5.32 Å². The van der Waals surface area contributed by atoms with E-state index in [1.165, 1.54) is 0 Å². The van der Waals surface area contributed by atoms with Crippen molar-refractivity contribution in [3.8, 4) is 0 Å². The summed E-state index contributed by atoms with van der Waals surface area (Å²) in [5.41, 5.74) is 1.08. The summed E-state index contributed by atoms with van der Waals surface area (Å²) in [6.07, 6.45) is 1.36. The highest BCUT2D eigenvalue weighted by Crippen LogP contribution is 2.21. The molecule has 0 heterocycles. The molecule has 2 N–H and O–H groups in total. The Labute approximate surface area is 127 Å². The molecule has 0 saturated heterocycles. The Kier molecular flexibility index (Phi) is 6.71. The fraction of sp³-hybridized carbons (Fsp3) is 0.467. The van der Waals surface area contributed by atoms with Gasteiger partial charge in [0, 0.05) is 16.9 Å². The van der Waals surface area contributed by atoms with Gasteiger partial charge in [-0.3, -0.25) is 9.59 Å². The lowest BCUT2D eigenvalue weighted by atomic mass is 9.96. The average Bonchev–Trinajstić information content (AvgIpc) is 2.43. The third-order valence-electron chi connectivity index (χ3n) is 3.29. The van der Waals surface area contributed by atoms with Crippen LogP contribution in [0.15, 0.2) is 28.7 Å². The van der Waals surface area contributed by atoms with Crippen molar-refractivity contribution in [3.05, 3.63) is 34.3 Å². The summed E-state index contributed by atoms with van der Waals surface area (Å²) < 4.78 is 0.991. The molecular weight excluding hydrogens is 322 g/mol. The minimum Gasteiger partial charge on any atom is -0.481 e. The fourth-order valence-electron chi connectivity index (χ4n) is 1.84. The number of carbonyl (C=O) groups is 2. The summed E-state index contributed by atoms with van der Waals surface area (Å²) in [6, 6.07) is 7.81. The third kappa shape index (κ3) is 4.96. The normalized spacial score (nSPS) is 13.6. The maximum Gasteiger partial charge on any atom is 0.308 e. The lowest BCUT2D eigenvalue weighted by molar-refractivity contribution is -0.141. The van der Waals surface area contributed by atoms with Crippen LogP contribution in [-0.4, -0.2) is 23.5 Å². The van der Waals surface area contributed by atoms with Gasteiger partial charge in [-0.1, -0.05) is 48.0 Å². The van der Waals surface area contributed by atoms with E-state index in [2.05, 4.69) is 21.2 Å². The van der Waals surface area contributed by atoms with Crippen LogP contribution in [0.4, 0.5) is 0 Å². The van der Waals surface area contributed by atoms with Crippen LogP contribution in [0.3, 0.4) is 0 Å². The molecule has 110 valence electrons. The Morgan fingerprint density at radius 2 is 2.00 bits per heavy atom. The number of benzene rings is 1. The second kappa shape index (κ2) is 8.04. The SMILES string of the molecule is CCC(Cc1ccccc1Br)C(=O)NCC(C)C(=O)O. The van der Waals surface area contributed by atoms with Gasteiger partial charge in [-0.15, -0.1) is 0 Å². The average molecular weight is 342 g/mol. The number of carbonyl (C=O) groups excluding carboxylic acids is 1. The minimum absolute atomic E-state index is 0.0867. The Bertz CT molecular complexity index is 476. The van der Waals surface area contributed by atoms with E-state index in [0.717, 1.165) is 10.0 Å². The second-order valence-corrected chi connectivity index (χ2v) is 5.74. The maximum absolute atomic E-state index is 12.1. The molecule has 0 radical (unpaired) electrons. The first-order valence-electron chi connectivity index (χ1n) is 6.69. The lowest BCUT2D eigenvalue weighted by Gasteiger charge is -2.17. The van der Waals surface area contributed by atoms with Crippen LogP contribution in [0, 0.1) is 11.8 Å². The zero-order chi connectivity index (χ0) is 15.1. The van der Waals surface area contributed by atoms with Crippen LogP contribution >= 0.6 is 15.9 Å². The van der Waals surface area contributed by atoms with E-state index in [4.69, 9.17) is 5.11 Å². The molecule has 5 heteroatoms. The van der Waals surface area contributed by atoms with E-state index in [9.17, 15) is 9.59 Å². The molecule has 4 nitrogen and oxygen atoms in total. The summed E-state index contributed by atoms with van der Waals surface area (Å²) in [6.45, 7) is 3.71. The highest BCUT2D eigenvalue weighted by molar-refractivity contribution is 9.10. The van der Waals surface area contributed by atoms with Gasteiger partial charge >= 0.3 is 5.97 Å². The Balaban J connectivity index is 2.60. The molecule has 2 unspecified atom stereocenters. The summed E-state index contributed by atoms with van der Waals surface area (Å²) in [7, 11) is 0. The summed E-state index contributed by atoms with van der Waals surface area (Å²) in [4.78, 5) is 22.8. The van der Waals surface area contributed by atoms with E-state index in [1.54, 1.807) is 6.92 Å². The predicted octanol–water partition coefficient (Wildman–Crippen LogP) is 2.85. The lowest BCUT2D eigenvalue weighted by Crippen LogP contribution is -2.36. The van der Waals surface area contributed by atoms with Gasteiger partial charge in [-0.2, -0.15) is 0 Å². The molecule has 1 rings (SSSR count). The van der Waals surface area contributed by atoms with Gasteiger partial charge in [-0.05, 0) is 24.5 Å². The molecule has 0 aliphatic carbocycles. The Morgan fingerprint density at radius 3 is 2.55 bits per heavy atom. The molecular formula is C15H20BrNO3. The molecule has 2 atom stereocenters. The molecule has 1 aromatic rings. The first-order valence-corrected chi connectivity index (χ1v) is 7.48.